The van der Waals surface area contributed by atoms with Crippen molar-refractivity contribution in [2.24, 2.45) is 5.73 Å². The van der Waals surface area contributed by atoms with E-state index in [0.29, 0.717) is 25.3 Å². The SMILES string of the molecule is NC[C@@H]1C[C@@H](NCc2ccc3c(c2)C(=O)N(C2CCC(=O)NC2=O)C3=O)CCO1. The molecule has 0 radical (unpaired) electrons. The standard InChI is InChI=1S/C20H24N4O5/c21-9-13-8-12(5-6-29-13)22-10-11-1-2-14-15(7-11)20(28)24(19(14)27)16-3-4-17(25)23-18(16)26/h1-2,7,12-13,16,22H,3-6,8-10,21H2,(H,23,25,26)/t12-,13-,16?/m0/s1. The Labute approximate surface area is 167 Å². The van der Waals surface area contributed by atoms with Crippen LogP contribution in [-0.2, 0) is 20.9 Å². The van der Waals surface area contributed by atoms with Crippen molar-refractivity contribution < 1.29 is 23.9 Å². The smallest absolute Gasteiger partial charge is 0.262 e. The number of ether oxygens (including phenoxy) is 1. The topological polar surface area (TPSA) is 131 Å². The van der Waals surface area contributed by atoms with Gasteiger partial charge in [0.1, 0.15) is 6.04 Å². The van der Waals surface area contributed by atoms with Gasteiger partial charge in [-0.1, -0.05) is 6.07 Å². The van der Waals surface area contributed by atoms with Gasteiger partial charge in [0.15, 0.2) is 0 Å². The Morgan fingerprint density at radius 1 is 1.14 bits per heavy atom. The Kier molecular flexibility index (Phi) is 5.44. The summed E-state index contributed by atoms with van der Waals surface area (Å²) < 4.78 is 5.57. The normalized spacial score (nSPS) is 27.2. The summed E-state index contributed by atoms with van der Waals surface area (Å²) >= 11 is 0. The number of hydrogen-bond acceptors (Lipinski definition) is 7. The maximum absolute atomic E-state index is 12.9. The number of nitrogens with two attached hydrogens (primary N) is 1. The monoisotopic (exact) mass is 400 g/mol. The van der Waals surface area contributed by atoms with E-state index < -0.39 is 23.8 Å². The molecule has 0 aromatic heterocycles. The molecule has 3 heterocycles. The first-order chi connectivity index (χ1) is 14.0. The van der Waals surface area contributed by atoms with Gasteiger partial charge in [0.05, 0.1) is 17.2 Å². The first kappa shape index (κ1) is 19.7. The van der Waals surface area contributed by atoms with Crippen molar-refractivity contribution >= 4 is 23.6 Å². The zero-order valence-corrected chi connectivity index (χ0v) is 16.0. The molecule has 4 rings (SSSR count). The van der Waals surface area contributed by atoms with Crippen molar-refractivity contribution in [2.45, 2.75) is 50.4 Å². The minimum absolute atomic E-state index is 0.0579. The molecule has 2 fully saturated rings. The van der Waals surface area contributed by atoms with Crippen LogP contribution in [0, 0.1) is 0 Å². The van der Waals surface area contributed by atoms with E-state index in [4.69, 9.17) is 10.5 Å². The zero-order valence-electron chi connectivity index (χ0n) is 16.0. The van der Waals surface area contributed by atoms with Gasteiger partial charge in [0.2, 0.25) is 11.8 Å². The van der Waals surface area contributed by atoms with Crippen LogP contribution in [0.1, 0.15) is 52.0 Å². The number of amides is 4. The average Bonchev–Trinajstić information content (AvgIpc) is 2.97. The van der Waals surface area contributed by atoms with Crippen molar-refractivity contribution in [3.05, 3.63) is 34.9 Å². The Morgan fingerprint density at radius 2 is 1.93 bits per heavy atom. The molecular formula is C20H24N4O5. The summed E-state index contributed by atoms with van der Waals surface area (Å²) in [6.45, 7) is 1.70. The van der Waals surface area contributed by atoms with E-state index in [9.17, 15) is 19.2 Å². The van der Waals surface area contributed by atoms with Gasteiger partial charge in [-0.05, 0) is 37.0 Å². The fraction of sp³-hybridized carbons (Fsp3) is 0.500. The lowest BCUT2D eigenvalue weighted by Gasteiger charge is -2.29. The summed E-state index contributed by atoms with van der Waals surface area (Å²) in [6.07, 6.45) is 2.04. The molecule has 0 aliphatic carbocycles. The van der Waals surface area contributed by atoms with Gasteiger partial charge in [-0.3, -0.25) is 29.4 Å². The molecule has 29 heavy (non-hydrogen) atoms. The molecule has 3 atom stereocenters. The van der Waals surface area contributed by atoms with E-state index in [1.54, 1.807) is 12.1 Å². The third kappa shape index (κ3) is 3.81. The van der Waals surface area contributed by atoms with Gasteiger partial charge in [0.25, 0.3) is 11.8 Å². The molecule has 1 unspecified atom stereocenters. The highest BCUT2D eigenvalue weighted by molar-refractivity contribution is 6.23. The van der Waals surface area contributed by atoms with Gasteiger partial charge in [0, 0.05) is 32.2 Å². The molecular weight excluding hydrogens is 376 g/mol. The maximum Gasteiger partial charge on any atom is 0.262 e. The molecule has 3 aliphatic heterocycles. The molecule has 0 spiro atoms. The Hall–Kier alpha value is -2.62. The Balaban J connectivity index is 1.46. The predicted octanol–water partition coefficient (Wildman–Crippen LogP) is -0.316. The number of carbonyl (C=O) groups excluding carboxylic acids is 4. The second kappa shape index (κ2) is 8.02. The molecule has 2 saturated heterocycles. The first-order valence-electron chi connectivity index (χ1n) is 9.87. The van der Waals surface area contributed by atoms with Crippen molar-refractivity contribution in [3.8, 4) is 0 Å². The van der Waals surface area contributed by atoms with E-state index in [0.717, 1.165) is 23.3 Å². The highest BCUT2D eigenvalue weighted by Gasteiger charge is 2.44. The van der Waals surface area contributed by atoms with Crippen LogP contribution in [-0.4, -0.2) is 59.9 Å². The molecule has 3 aliphatic rings. The van der Waals surface area contributed by atoms with Gasteiger partial charge in [-0.2, -0.15) is 0 Å². The fourth-order valence-electron chi connectivity index (χ4n) is 4.12. The van der Waals surface area contributed by atoms with Gasteiger partial charge in [-0.15, -0.1) is 0 Å². The van der Waals surface area contributed by atoms with Crippen molar-refractivity contribution in [2.75, 3.05) is 13.2 Å². The van der Waals surface area contributed by atoms with Gasteiger partial charge < -0.3 is 15.8 Å². The summed E-state index contributed by atoms with van der Waals surface area (Å²) in [7, 11) is 0. The third-order valence-electron chi connectivity index (χ3n) is 5.73. The predicted molar refractivity (Wildman–Crippen MR) is 102 cm³/mol. The number of nitrogens with zero attached hydrogens (tertiary/aromatic N) is 1. The number of nitrogens with one attached hydrogen (secondary N) is 2. The molecule has 154 valence electrons. The third-order valence-corrected chi connectivity index (χ3v) is 5.73. The maximum atomic E-state index is 12.9. The molecule has 9 nitrogen and oxygen atoms in total. The number of imide groups is 2. The van der Waals surface area contributed by atoms with Crippen LogP contribution in [0.3, 0.4) is 0 Å². The second-order valence-corrected chi connectivity index (χ2v) is 7.66. The van der Waals surface area contributed by atoms with Crippen LogP contribution in [0.25, 0.3) is 0 Å². The van der Waals surface area contributed by atoms with Crippen LogP contribution in [0.15, 0.2) is 18.2 Å². The number of benzene rings is 1. The minimum atomic E-state index is -0.947. The number of rotatable bonds is 5. The van der Waals surface area contributed by atoms with Crippen LogP contribution < -0.4 is 16.4 Å². The molecule has 9 heteroatoms. The van der Waals surface area contributed by atoms with E-state index in [-0.39, 0.29) is 36.5 Å². The molecule has 4 amide bonds. The number of hydrogen-bond donors (Lipinski definition) is 3. The van der Waals surface area contributed by atoms with Crippen molar-refractivity contribution in [3.63, 3.8) is 0 Å². The first-order valence-corrected chi connectivity index (χ1v) is 9.87. The summed E-state index contributed by atoms with van der Waals surface area (Å²) in [4.78, 5) is 50.0. The van der Waals surface area contributed by atoms with E-state index >= 15 is 0 Å². The quantitative estimate of drug-likeness (QED) is 0.578. The lowest BCUT2D eigenvalue weighted by molar-refractivity contribution is -0.136. The lowest BCUT2D eigenvalue weighted by atomic mass is 10.0. The van der Waals surface area contributed by atoms with Gasteiger partial charge in [-0.25, -0.2) is 0 Å². The number of fused-ring (bicyclic) bond motifs is 1. The number of piperidine rings is 1. The molecule has 0 bridgehead atoms. The minimum Gasteiger partial charge on any atom is -0.377 e. The van der Waals surface area contributed by atoms with Crippen LogP contribution in [0.4, 0.5) is 0 Å². The van der Waals surface area contributed by atoms with Crippen LogP contribution >= 0.6 is 0 Å². The van der Waals surface area contributed by atoms with E-state index in [1.165, 1.54) is 0 Å². The van der Waals surface area contributed by atoms with Crippen LogP contribution in [0.5, 0.6) is 0 Å². The number of carbonyl (C=O) groups is 4. The molecule has 1 aromatic rings. The van der Waals surface area contributed by atoms with Crippen LogP contribution in [0.2, 0.25) is 0 Å². The van der Waals surface area contributed by atoms with E-state index in [1.807, 2.05) is 6.07 Å². The second-order valence-electron chi connectivity index (χ2n) is 7.66. The highest BCUT2D eigenvalue weighted by atomic mass is 16.5. The average molecular weight is 400 g/mol. The largest absolute Gasteiger partial charge is 0.377 e. The van der Waals surface area contributed by atoms with Crippen molar-refractivity contribution in [1.82, 2.24) is 15.5 Å². The van der Waals surface area contributed by atoms with Crippen molar-refractivity contribution in [1.29, 1.82) is 0 Å². The molecule has 0 saturated carbocycles. The lowest BCUT2D eigenvalue weighted by Crippen LogP contribution is -2.54. The van der Waals surface area contributed by atoms with Gasteiger partial charge >= 0.3 is 0 Å². The van der Waals surface area contributed by atoms with E-state index in [2.05, 4.69) is 10.6 Å². The Morgan fingerprint density at radius 3 is 2.69 bits per heavy atom. The molecule has 1 aromatic carbocycles. The Bertz CT molecular complexity index is 870. The summed E-state index contributed by atoms with van der Waals surface area (Å²) in [6, 6.07) is 4.48. The fourth-order valence-corrected chi connectivity index (χ4v) is 4.12. The highest BCUT2D eigenvalue weighted by Crippen LogP contribution is 2.28. The zero-order chi connectivity index (χ0) is 20.5. The molecule has 4 N–H and O–H groups in total. The summed E-state index contributed by atoms with van der Waals surface area (Å²) in [5.41, 5.74) is 7.15. The summed E-state index contributed by atoms with van der Waals surface area (Å²) in [5.74, 6) is -1.97. The summed E-state index contributed by atoms with van der Waals surface area (Å²) in [5, 5.41) is 5.66.